The highest BCUT2D eigenvalue weighted by molar-refractivity contribution is 5.17. The Morgan fingerprint density at radius 3 is 2.88 bits per heavy atom. The minimum Gasteiger partial charge on any atom is -0.481 e. The highest BCUT2D eigenvalue weighted by Gasteiger charge is 2.08. The molecule has 2 heterocycles. The summed E-state index contributed by atoms with van der Waals surface area (Å²) in [6.45, 7) is 2.00. The molecular formula is C10H11FN4O. The van der Waals surface area contributed by atoms with Gasteiger partial charge >= 0.3 is 0 Å². The zero-order valence-corrected chi connectivity index (χ0v) is 9.01. The number of hydrogen-bond acceptors (Lipinski definition) is 4. The molecule has 2 rings (SSSR count). The third kappa shape index (κ3) is 2.00. The van der Waals surface area contributed by atoms with Crippen LogP contribution in [0.25, 0.3) is 0 Å². The fraction of sp³-hybridized carbons (Fsp3) is 0.300. The predicted octanol–water partition coefficient (Wildman–Crippen LogP) is 1.24. The van der Waals surface area contributed by atoms with Crippen molar-refractivity contribution in [3.63, 3.8) is 0 Å². The highest BCUT2D eigenvalue weighted by atomic mass is 19.1. The number of pyridine rings is 1. The molecule has 84 valence electrons. The van der Waals surface area contributed by atoms with Gasteiger partial charge in [-0.15, -0.1) is 10.2 Å². The smallest absolute Gasteiger partial charge is 0.255 e. The Bertz CT molecular complexity index is 497. The number of aromatic nitrogens is 4. The predicted molar refractivity (Wildman–Crippen MR) is 54.3 cm³/mol. The van der Waals surface area contributed by atoms with Crippen molar-refractivity contribution < 1.29 is 9.13 Å². The lowest BCUT2D eigenvalue weighted by Gasteiger charge is -2.05. The summed E-state index contributed by atoms with van der Waals surface area (Å²) in [6.07, 6.45) is 1.37. The average molecular weight is 222 g/mol. The topological polar surface area (TPSA) is 52.8 Å². The minimum absolute atomic E-state index is 0.114. The van der Waals surface area contributed by atoms with E-state index in [1.54, 1.807) is 10.6 Å². The lowest BCUT2D eigenvalue weighted by molar-refractivity contribution is 0.273. The number of ether oxygens (including phenoxy) is 1. The van der Waals surface area contributed by atoms with Gasteiger partial charge in [0.2, 0.25) is 0 Å². The molecule has 2 aromatic heterocycles. The quantitative estimate of drug-likeness (QED) is 0.733. The molecule has 0 aliphatic carbocycles. The molecule has 6 heteroatoms. The summed E-state index contributed by atoms with van der Waals surface area (Å²) in [6, 6.07) is 3.13. The first-order chi connectivity index (χ1) is 7.68. The van der Waals surface area contributed by atoms with Gasteiger partial charge in [0.15, 0.2) is 11.6 Å². The van der Waals surface area contributed by atoms with E-state index < -0.39 is 5.95 Å². The first-order valence-electron chi connectivity index (χ1n) is 4.76. The summed E-state index contributed by atoms with van der Waals surface area (Å²) in [4.78, 5) is 3.48. The van der Waals surface area contributed by atoms with Crippen LogP contribution >= 0.6 is 0 Å². The maximum Gasteiger partial charge on any atom is 0.255 e. The first-order valence-corrected chi connectivity index (χ1v) is 4.76. The zero-order chi connectivity index (χ0) is 11.5. The van der Waals surface area contributed by atoms with Crippen LogP contribution in [0.15, 0.2) is 18.3 Å². The van der Waals surface area contributed by atoms with Crippen molar-refractivity contribution in [2.24, 2.45) is 7.05 Å². The van der Waals surface area contributed by atoms with Crippen molar-refractivity contribution in [3.05, 3.63) is 35.9 Å². The van der Waals surface area contributed by atoms with Gasteiger partial charge in [-0.25, -0.2) is 4.98 Å². The number of rotatable bonds is 3. The van der Waals surface area contributed by atoms with Gasteiger partial charge in [-0.3, -0.25) is 0 Å². The van der Waals surface area contributed by atoms with Crippen LogP contribution in [0.4, 0.5) is 4.39 Å². The van der Waals surface area contributed by atoms with Gasteiger partial charge in [-0.2, -0.15) is 4.39 Å². The number of hydrogen-bond donors (Lipinski definition) is 0. The molecular weight excluding hydrogens is 211 g/mol. The molecule has 2 aromatic rings. The van der Waals surface area contributed by atoms with Crippen LogP contribution in [0, 0.1) is 12.9 Å². The summed E-state index contributed by atoms with van der Waals surface area (Å²) >= 11 is 0. The van der Waals surface area contributed by atoms with E-state index in [4.69, 9.17) is 4.74 Å². The van der Waals surface area contributed by atoms with Crippen LogP contribution in [0.2, 0.25) is 0 Å². The Kier molecular flexibility index (Phi) is 2.80. The molecule has 0 saturated carbocycles. The summed E-state index contributed by atoms with van der Waals surface area (Å²) in [7, 11) is 1.83. The fourth-order valence-electron chi connectivity index (χ4n) is 1.20. The summed E-state index contributed by atoms with van der Waals surface area (Å²) < 4.78 is 20.2. The number of nitrogens with zero attached hydrogens (tertiary/aromatic N) is 4. The van der Waals surface area contributed by atoms with Crippen molar-refractivity contribution in [1.29, 1.82) is 0 Å². The molecule has 0 radical (unpaired) electrons. The molecule has 0 N–H and O–H groups in total. The largest absolute Gasteiger partial charge is 0.481 e. The van der Waals surface area contributed by atoms with Crippen molar-refractivity contribution in [3.8, 4) is 5.75 Å². The van der Waals surface area contributed by atoms with E-state index in [9.17, 15) is 4.39 Å². The van der Waals surface area contributed by atoms with E-state index in [1.165, 1.54) is 12.3 Å². The number of aryl methyl sites for hydroxylation is 1. The van der Waals surface area contributed by atoms with Crippen molar-refractivity contribution in [1.82, 2.24) is 19.7 Å². The van der Waals surface area contributed by atoms with Gasteiger partial charge in [0, 0.05) is 13.2 Å². The van der Waals surface area contributed by atoms with E-state index in [0.29, 0.717) is 5.82 Å². The zero-order valence-electron chi connectivity index (χ0n) is 9.01. The molecule has 0 spiro atoms. The summed E-state index contributed by atoms with van der Waals surface area (Å²) in [5.74, 6) is 0.913. The van der Waals surface area contributed by atoms with Crippen LogP contribution in [0.3, 0.4) is 0 Å². The third-order valence-corrected chi connectivity index (χ3v) is 2.26. The summed E-state index contributed by atoms with van der Waals surface area (Å²) in [5, 5.41) is 7.78. The second-order valence-electron chi connectivity index (χ2n) is 3.30. The second-order valence-corrected chi connectivity index (χ2v) is 3.30. The average Bonchev–Trinajstić information content (AvgIpc) is 2.59. The van der Waals surface area contributed by atoms with E-state index in [0.717, 1.165) is 5.82 Å². The molecule has 0 unspecified atom stereocenters. The van der Waals surface area contributed by atoms with E-state index in [2.05, 4.69) is 15.2 Å². The molecule has 0 amide bonds. The van der Waals surface area contributed by atoms with Crippen molar-refractivity contribution >= 4 is 0 Å². The highest BCUT2D eigenvalue weighted by Crippen LogP contribution is 2.14. The van der Waals surface area contributed by atoms with Gasteiger partial charge in [0.05, 0.1) is 0 Å². The molecule has 5 nitrogen and oxygen atoms in total. The molecule has 16 heavy (non-hydrogen) atoms. The molecule has 0 aliphatic rings. The lowest BCUT2D eigenvalue weighted by atomic mass is 10.4. The first kappa shape index (κ1) is 10.5. The molecule has 0 fully saturated rings. The summed E-state index contributed by atoms with van der Waals surface area (Å²) in [5.41, 5.74) is 0. The fourth-order valence-corrected chi connectivity index (χ4v) is 1.20. The van der Waals surface area contributed by atoms with Crippen LogP contribution in [-0.2, 0) is 13.7 Å². The third-order valence-electron chi connectivity index (χ3n) is 2.26. The van der Waals surface area contributed by atoms with Crippen LogP contribution in [0.1, 0.15) is 11.6 Å². The molecule has 0 aromatic carbocycles. The van der Waals surface area contributed by atoms with Gasteiger partial charge < -0.3 is 9.30 Å². The standard InChI is InChI=1S/C10H11FN4O/c1-7-13-14-9(15(7)2)6-16-8-4-3-5-12-10(8)11/h3-5H,6H2,1-2H3. The maximum absolute atomic E-state index is 13.1. The van der Waals surface area contributed by atoms with Gasteiger partial charge in [0.1, 0.15) is 12.4 Å². The lowest BCUT2D eigenvalue weighted by Crippen LogP contribution is -2.05. The van der Waals surface area contributed by atoms with E-state index in [-0.39, 0.29) is 12.4 Å². The Hall–Kier alpha value is -1.98. The minimum atomic E-state index is -0.624. The Labute approximate surface area is 91.9 Å². The maximum atomic E-state index is 13.1. The Balaban J connectivity index is 2.08. The van der Waals surface area contributed by atoms with Gasteiger partial charge in [-0.1, -0.05) is 0 Å². The SMILES string of the molecule is Cc1nnc(COc2cccnc2F)n1C. The number of halogens is 1. The van der Waals surface area contributed by atoms with E-state index in [1.807, 2.05) is 14.0 Å². The second kappa shape index (κ2) is 4.26. The van der Waals surface area contributed by atoms with Gasteiger partial charge in [-0.05, 0) is 19.1 Å². The van der Waals surface area contributed by atoms with Crippen molar-refractivity contribution in [2.45, 2.75) is 13.5 Å². The van der Waals surface area contributed by atoms with Crippen LogP contribution in [-0.4, -0.2) is 19.7 Å². The van der Waals surface area contributed by atoms with E-state index >= 15 is 0 Å². The van der Waals surface area contributed by atoms with Crippen LogP contribution in [0.5, 0.6) is 5.75 Å². The monoisotopic (exact) mass is 222 g/mol. The molecule has 0 saturated heterocycles. The Morgan fingerprint density at radius 1 is 1.44 bits per heavy atom. The van der Waals surface area contributed by atoms with Crippen LogP contribution < -0.4 is 4.74 Å². The molecule has 0 atom stereocenters. The Morgan fingerprint density at radius 2 is 2.25 bits per heavy atom. The molecule has 0 aliphatic heterocycles. The normalized spacial score (nSPS) is 10.4. The van der Waals surface area contributed by atoms with Gasteiger partial charge in [0.25, 0.3) is 5.95 Å². The van der Waals surface area contributed by atoms with Crippen molar-refractivity contribution in [2.75, 3.05) is 0 Å². The molecule has 0 bridgehead atoms.